The summed E-state index contributed by atoms with van der Waals surface area (Å²) in [6.45, 7) is 8.72. The summed E-state index contributed by atoms with van der Waals surface area (Å²) in [5, 5.41) is 0. The average molecular weight is 234 g/mol. The molecule has 0 saturated heterocycles. The number of hydrogen-bond acceptors (Lipinski definition) is 2. The molecule has 0 fully saturated rings. The zero-order valence-electron chi connectivity index (χ0n) is 11.3. The number of ether oxygens (including phenoxy) is 1. The van der Waals surface area contributed by atoms with Gasteiger partial charge in [0.25, 0.3) is 0 Å². The Bertz CT molecular complexity index is 394. The molecule has 0 atom stereocenters. The number of ketones is 1. The van der Waals surface area contributed by atoms with Gasteiger partial charge in [0.2, 0.25) is 0 Å². The third-order valence-electron chi connectivity index (χ3n) is 2.77. The van der Waals surface area contributed by atoms with E-state index < -0.39 is 0 Å². The molecule has 0 aliphatic heterocycles. The molecule has 0 aliphatic carbocycles. The number of carbonyl (C=O) groups is 1. The van der Waals surface area contributed by atoms with E-state index in [9.17, 15) is 4.79 Å². The van der Waals surface area contributed by atoms with Crippen molar-refractivity contribution in [3.05, 3.63) is 28.8 Å². The van der Waals surface area contributed by atoms with E-state index in [-0.39, 0.29) is 5.78 Å². The number of carbonyl (C=O) groups excluding carboxylic acids is 1. The fourth-order valence-corrected chi connectivity index (χ4v) is 1.87. The Morgan fingerprint density at radius 2 is 1.76 bits per heavy atom. The number of Topliss-reactive ketones (excluding diaryl/α,β-unsaturated/α-hetero) is 1. The molecule has 2 heteroatoms. The van der Waals surface area contributed by atoms with Gasteiger partial charge in [-0.1, -0.05) is 26.0 Å². The fraction of sp³-hybridized carbons (Fsp3) is 0.533. The minimum absolute atomic E-state index is 0.194. The maximum Gasteiger partial charge on any atom is 0.166 e. The summed E-state index contributed by atoms with van der Waals surface area (Å²) >= 11 is 0. The van der Waals surface area contributed by atoms with Crippen LogP contribution < -0.4 is 4.74 Å². The quantitative estimate of drug-likeness (QED) is 0.693. The molecule has 94 valence electrons. The van der Waals surface area contributed by atoms with E-state index in [1.54, 1.807) is 0 Å². The summed E-state index contributed by atoms with van der Waals surface area (Å²) in [6.07, 6.45) is 2.42. The van der Waals surface area contributed by atoms with Gasteiger partial charge in [0.1, 0.15) is 5.75 Å². The van der Waals surface area contributed by atoms with E-state index in [0.717, 1.165) is 35.3 Å². The van der Waals surface area contributed by atoms with Crippen LogP contribution in [0.2, 0.25) is 0 Å². The van der Waals surface area contributed by atoms with Gasteiger partial charge in [-0.3, -0.25) is 4.79 Å². The molecule has 0 bridgehead atoms. The van der Waals surface area contributed by atoms with Crippen LogP contribution in [0.1, 0.15) is 54.6 Å². The monoisotopic (exact) mass is 234 g/mol. The van der Waals surface area contributed by atoms with Crippen molar-refractivity contribution in [1.29, 1.82) is 0 Å². The number of benzene rings is 1. The Morgan fingerprint density at radius 3 is 2.35 bits per heavy atom. The third kappa shape index (κ3) is 3.32. The van der Waals surface area contributed by atoms with Crippen LogP contribution in [-0.4, -0.2) is 12.4 Å². The van der Waals surface area contributed by atoms with Crippen LogP contribution in [0, 0.1) is 13.8 Å². The zero-order chi connectivity index (χ0) is 12.8. The normalized spacial score (nSPS) is 10.4. The first-order valence-electron chi connectivity index (χ1n) is 6.38. The van der Waals surface area contributed by atoms with Gasteiger partial charge in [-0.05, 0) is 37.8 Å². The Labute approximate surface area is 104 Å². The molecule has 0 spiro atoms. The maximum atomic E-state index is 12.1. The van der Waals surface area contributed by atoms with Crippen molar-refractivity contribution >= 4 is 5.78 Å². The van der Waals surface area contributed by atoms with Gasteiger partial charge in [0, 0.05) is 6.42 Å². The van der Waals surface area contributed by atoms with Crippen molar-refractivity contribution in [2.24, 2.45) is 0 Å². The molecule has 0 unspecified atom stereocenters. The van der Waals surface area contributed by atoms with Gasteiger partial charge in [0.05, 0.1) is 12.2 Å². The Kier molecular flexibility index (Phi) is 5.20. The Hall–Kier alpha value is -1.31. The molecule has 2 nitrogen and oxygen atoms in total. The summed E-state index contributed by atoms with van der Waals surface area (Å²) in [6, 6.07) is 4.01. The summed E-state index contributed by atoms with van der Waals surface area (Å²) in [4.78, 5) is 12.1. The van der Waals surface area contributed by atoms with Gasteiger partial charge in [-0.2, -0.15) is 0 Å². The van der Waals surface area contributed by atoms with Gasteiger partial charge >= 0.3 is 0 Å². The highest BCUT2D eigenvalue weighted by atomic mass is 16.5. The predicted octanol–water partition coefficient (Wildman–Crippen LogP) is 4.08. The molecule has 0 saturated carbocycles. The standard InChI is InChI=1S/C15H22O2/c1-5-7-13(16)14-11(3)8-9-12(4)15(14)17-10-6-2/h8-9H,5-7,10H2,1-4H3. The third-order valence-corrected chi connectivity index (χ3v) is 2.77. The van der Waals surface area contributed by atoms with Crippen LogP contribution in [0.25, 0.3) is 0 Å². The zero-order valence-corrected chi connectivity index (χ0v) is 11.3. The SMILES string of the molecule is CCCOc1c(C)ccc(C)c1C(=O)CCC. The topological polar surface area (TPSA) is 26.3 Å². The lowest BCUT2D eigenvalue weighted by Crippen LogP contribution is -2.08. The average Bonchev–Trinajstić information content (AvgIpc) is 2.30. The highest BCUT2D eigenvalue weighted by Crippen LogP contribution is 2.28. The van der Waals surface area contributed by atoms with E-state index >= 15 is 0 Å². The Morgan fingerprint density at radius 1 is 1.12 bits per heavy atom. The van der Waals surface area contributed by atoms with Gasteiger partial charge in [-0.15, -0.1) is 0 Å². The highest BCUT2D eigenvalue weighted by molar-refractivity contribution is 6.00. The summed E-state index contributed by atoms with van der Waals surface area (Å²) in [7, 11) is 0. The molecule has 0 amide bonds. The smallest absolute Gasteiger partial charge is 0.166 e. The van der Waals surface area contributed by atoms with Crippen LogP contribution in [0.3, 0.4) is 0 Å². The molecular weight excluding hydrogens is 212 g/mol. The van der Waals surface area contributed by atoms with Gasteiger partial charge < -0.3 is 4.74 Å². The van der Waals surface area contributed by atoms with Crippen molar-refractivity contribution < 1.29 is 9.53 Å². The van der Waals surface area contributed by atoms with Crippen LogP contribution in [0.4, 0.5) is 0 Å². The lowest BCUT2D eigenvalue weighted by Gasteiger charge is -2.15. The van der Waals surface area contributed by atoms with Crippen molar-refractivity contribution in [2.75, 3.05) is 6.61 Å². The largest absolute Gasteiger partial charge is 0.493 e. The molecule has 0 radical (unpaired) electrons. The molecule has 0 aromatic heterocycles. The van der Waals surface area contributed by atoms with Crippen molar-refractivity contribution in [3.8, 4) is 5.75 Å². The van der Waals surface area contributed by atoms with Crippen molar-refractivity contribution in [2.45, 2.75) is 47.0 Å². The minimum atomic E-state index is 0.194. The first-order chi connectivity index (χ1) is 8.11. The second kappa shape index (κ2) is 6.43. The van der Waals surface area contributed by atoms with Crippen LogP contribution >= 0.6 is 0 Å². The molecule has 1 aromatic carbocycles. The first-order valence-corrected chi connectivity index (χ1v) is 6.38. The van der Waals surface area contributed by atoms with Crippen LogP contribution in [-0.2, 0) is 0 Å². The van der Waals surface area contributed by atoms with E-state index in [4.69, 9.17) is 4.74 Å². The van der Waals surface area contributed by atoms with Gasteiger partial charge in [0.15, 0.2) is 5.78 Å². The molecular formula is C15H22O2. The van der Waals surface area contributed by atoms with Crippen molar-refractivity contribution in [3.63, 3.8) is 0 Å². The van der Waals surface area contributed by atoms with E-state index in [1.807, 2.05) is 32.9 Å². The Balaban J connectivity index is 3.14. The lowest BCUT2D eigenvalue weighted by atomic mass is 9.98. The second-order valence-electron chi connectivity index (χ2n) is 4.43. The molecule has 0 aliphatic rings. The second-order valence-corrected chi connectivity index (χ2v) is 4.43. The van der Waals surface area contributed by atoms with Gasteiger partial charge in [-0.25, -0.2) is 0 Å². The minimum Gasteiger partial charge on any atom is -0.493 e. The summed E-state index contributed by atoms with van der Waals surface area (Å²) in [5.41, 5.74) is 2.84. The van der Waals surface area contributed by atoms with E-state index in [0.29, 0.717) is 13.0 Å². The maximum absolute atomic E-state index is 12.1. The van der Waals surface area contributed by atoms with E-state index in [1.165, 1.54) is 0 Å². The predicted molar refractivity (Wildman–Crippen MR) is 70.9 cm³/mol. The summed E-state index contributed by atoms with van der Waals surface area (Å²) < 4.78 is 5.74. The number of rotatable bonds is 6. The highest BCUT2D eigenvalue weighted by Gasteiger charge is 2.16. The molecule has 17 heavy (non-hydrogen) atoms. The molecule has 0 N–H and O–H groups in total. The lowest BCUT2D eigenvalue weighted by molar-refractivity contribution is 0.0977. The molecule has 1 rings (SSSR count). The van der Waals surface area contributed by atoms with Crippen LogP contribution in [0.15, 0.2) is 12.1 Å². The number of aryl methyl sites for hydroxylation is 2. The number of hydrogen-bond donors (Lipinski definition) is 0. The molecule has 0 heterocycles. The van der Waals surface area contributed by atoms with E-state index in [2.05, 4.69) is 6.92 Å². The fourth-order valence-electron chi connectivity index (χ4n) is 1.87. The first kappa shape index (κ1) is 13.8. The summed E-state index contributed by atoms with van der Waals surface area (Å²) in [5.74, 6) is 0.977. The molecule has 1 aromatic rings. The van der Waals surface area contributed by atoms with Crippen molar-refractivity contribution in [1.82, 2.24) is 0 Å². The van der Waals surface area contributed by atoms with Crippen LogP contribution in [0.5, 0.6) is 5.75 Å².